The summed E-state index contributed by atoms with van der Waals surface area (Å²) in [6.07, 6.45) is 1.08. The van der Waals surface area contributed by atoms with Crippen LogP contribution in [0.4, 0.5) is 0 Å². The lowest BCUT2D eigenvalue weighted by Crippen LogP contribution is -2.39. The van der Waals surface area contributed by atoms with E-state index in [0.29, 0.717) is 12.1 Å². The van der Waals surface area contributed by atoms with E-state index >= 15 is 0 Å². The standard InChI is InChI=1S/C7H10N2O/c1-9-3-5-2-7(9)6(4-10)8-5/h5,7-8H,2-3H2,1H3/t5-,7-/m1/s1. The fourth-order valence-corrected chi connectivity index (χ4v) is 1.86. The van der Waals surface area contributed by atoms with E-state index in [0.717, 1.165) is 18.7 Å². The number of carbonyl (C=O) groups excluding carboxylic acids is 1. The van der Waals surface area contributed by atoms with Crippen molar-refractivity contribution in [3.8, 4) is 0 Å². The van der Waals surface area contributed by atoms with Gasteiger partial charge in [-0.1, -0.05) is 0 Å². The minimum atomic E-state index is 0.336. The van der Waals surface area contributed by atoms with Gasteiger partial charge in [-0.3, -0.25) is 4.90 Å². The monoisotopic (exact) mass is 138 g/mol. The third-order valence-corrected chi connectivity index (χ3v) is 2.35. The van der Waals surface area contributed by atoms with Crippen molar-refractivity contribution in [3.63, 3.8) is 0 Å². The number of nitrogens with zero attached hydrogens (tertiary/aromatic N) is 1. The van der Waals surface area contributed by atoms with E-state index in [1.54, 1.807) is 0 Å². The smallest absolute Gasteiger partial charge is 0.147 e. The first kappa shape index (κ1) is 5.96. The molecule has 1 N–H and O–H groups in total. The molecule has 0 unspecified atom stereocenters. The molecule has 2 aliphatic heterocycles. The molecule has 2 saturated heterocycles. The van der Waals surface area contributed by atoms with Crippen LogP contribution in [0.25, 0.3) is 0 Å². The Morgan fingerprint density at radius 2 is 2.60 bits per heavy atom. The topological polar surface area (TPSA) is 32.3 Å². The Labute approximate surface area is 59.7 Å². The van der Waals surface area contributed by atoms with Gasteiger partial charge in [0.1, 0.15) is 11.6 Å². The van der Waals surface area contributed by atoms with Gasteiger partial charge in [0.25, 0.3) is 0 Å². The summed E-state index contributed by atoms with van der Waals surface area (Å²) in [5, 5.41) is 3.12. The summed E-state index contributed by atoms with van der Waals surface area (Å²) in [6.45, 7) is 1.07. The maximum absolute atomic E-state index is 10.3. The summed E-state index contributed by atoms with van der Waals surface area (Å²) in [5.74, 6) is 1.94. The molecule has 2 heterocycles. The van der Waals surface area contributed by atoms with Crippen molar-refractivity contribution in [2.45, 2.75) is 18.5 Å². The van der Waals surface area contributed by atoms with E-state index in [9.17, 15) is 4.79 Å². The zero-order chi connectivity index (χ0) is 7.14. The molecule has 3 heteroatoms. The van der Waals surface area contributed by atoms with Crippen LogP contribution < -0.4 is 5.32 Å². The maximum Gasteiger partial charge on any atom is 0.147 e. The third-order valence-electron chi connectivity index (χ3n) is 2.35. The van der Waals surface area contributed by atoms with Gasteiger partial charge in [0.05, 0.1) is 6.04 Å². The van der Waals surface area contributed by atoms with Crippen molar-refractivity contribution >= 4 is 5.94 Å². The molecule has 3 nitrogen and oxygen atoms in total. The van der Waals surface area contributed by atoms with E-state index in [2.05, 4.69) is 10.2 Å². The summed E-state index contributed by atoms with van der Waals surface area (Å²) >= 11 is 0. The predicted molar refractivity (Wildman–Crippen MR) is 37.2 cm³/mol. The molecular weight excluding hydrogens is 128 g/mol. The molecular formula is C7H10N2O. The Balaban J connectivity index is 2.28. The van der Waals surface area contributed by atoms with E-state index < -0.39 is 0 Å². The Bertz CT molecular complexity index is 208. The second-order valence-corrected chi connectivity index (χ2v) is 3.05. The molecule has 54 valence electrons. The second-order valence-electron chi connectivity index (χ2n) is 3.05. The van der Waals surface area contributed by atoms with Crippen LogP contribution in [0.3, 0.4) is 0 Å². The van der Waals surface area contributed by atoms with Gasteiger partial charge in [-0.05, 0) is 13.5 Å². The number of rotatable bonds is 0. The van der Waals surface area contributed by atoms with Gasteiger partial charge in [0.2, 0.25) is 0 Å². The summed E-state index contributed by atoms with van der Waals surface area (Å²) in [4.78, 5) is 12.5. The van der Waals surface area contributed by atoms with Gasteiger partial charge >= 0.3 is 0 Å². The first-order valence-electron chi connectivity index (χ1n) is 3.53. The summed E-state index contributed by atoms with van der Waals surface area (Å²) in [7, 11) is 2.04. The van der Waals surface area contributed by atoms with Crippen molar-refractivity contribution in [1.29, 1.82) is 0 Å². The van der Waals surface area contributed by atoms with Crippen LogP contribution in [0, 0.1) is 0 Å². The second kappa shape index (κ2) is 1.84. The predicted octanol–water partition coefficient (Wildman–Crippen LogP) is -0.622. The number of hydrogen-bond donors (Lipinski definition) is 1. The quantitative estimate of drug-likeness (QED) is 0.453. The fourth-order valence-electron chi connectivity index (χ4n) is 1.86. The van der Waals surface area contributed by atoms with Crippen LogP contribution in [-0.2, 0) is 4.79 Å². The largest absolute Gasteiger partial charge is 0.374 e. The molecule has 0 amide bonds. The van der Waals surface area contributed by atoms with E-state index in [1.807, 2.05) is 13.0 Å². The minimum Gasteiger partial charge on any atom is -0.374 e. The van der Waals surface area contributed by atoms with Crippen LogP contribution in [0.1, 0.15) is 6.42 Å². The summed E-state index contributed by atoms with van der Waals surface area (Å²) < 4.78 is 0. The number of hydrogen-bond acceptors (Lipinski definition) is 3. The van der Waals surface area contributed by atoms with Crippen molar-refractivity contribution in [2.75, 3.05) is 13.6 Å². The summed E-state index contributed by atoms with van der Waals surface area (Å²) in [6, 6.07) is 0.842. The molecule has 0 spiro atoms. The Kier molecular flexibility index (Phi) is 1.10. The zero-order valence-corrected chi connectivity index (χ0v) is 5.92. The number of piperazine rings is 1. The van der Waals surface area contributed by atoms with E-state index in [-0.39, 0.29) is 0 Å². The van der Waals surface area contributed by atoms with Gasteiger partial charge < -0.3 is 5.32 Å². The van der Waals surface area contributed by atoms with E-state index in [1.165, 1.54) is 0 Å². The van der Waals surface area contributed by atoms with Crippen molar-refractivity contribution in [1.82, 2.24) is 10.2 Å². The molecule has 0 aromatic rings. The molecule has 0 aliphatic carbocycles. The highest BCUT2D eigenvalue weighted by molar-refractivity contribution is 5.55. The van der Waals surface area contributed by atoms with E-state index in [4.69, 9.17) is 0 Å². The maximum atomic E-state index is 10.3. The lowest BCUT2D eigenvalue weighted by Gasteiger charge is -2.23. The first-order valence-corrected chi connectivity index (χ1v) is 3.53. The van der Waals surface area contributed by atoms with Crippen LogP contribution in [-0.4, -0.2) is 36.5 Å². The number of fused-ring (bicyclic) bond motifs is 2. The molecule has 2 atom stereocenters. The molecule has 0 aromatic carbocycles. The zero-order valence-electron chi connectivity index (χ0n) is 5.92. The average Bonchev–Trinajstić information content (AvgIpc) is 2.44. The minimum absolute atomic E-state index is 0.336. The van der Waals surface area contributed by atoms with Crippen LogP contribution >= 0.6 is 0 Å². The van der Waals surface area contributed by atoms with Crippen molar-refractivity contribution < 1.29 is 4.79 Å². The third kappa shape index (κ3) is 0.618. The fraction of sp³-hybridized carbons (Fsp3) is 0.714. The van der Waals surface area contributed by atoms with Crippen LogP contribution in [0.15, 0.2) is 5.70 Å². The molecule has 0 saturated carbocycles. The molecule has 10 heavy (non-hydrogen) atoms. The lowest BCUT2D eigenvalue weighted by atomic mass is 10.2. The van der Waals surface area contributed by atoms with Gasteiger partial charge in [0, 0.05) is 12.6 Å². The van der Waals surface area contributed by atoms with Crippen LogP contribution in [0.5, 0.6) is 0 Å². The van der Waals surface area contributed by atoms with Gasteiger partial charge in [-0.2, -0.15) is 0 Å². The highest BCUT2D eigenvalue weighted by Gasteiger charge is 2.39. The van der Waals surface area contributed by atoms with Gasteiger partial charge in [0.15, 0.2) is 0 Å². The molecule has 2 fully saturated rings. The Morgan fingerprint density at radius 1 is 1.80 bits per heavy atom. The molecule has 2 bridgehead atoms. The summed E-state index contributed by atoms with van der Waals surface area (Å²) in [5.41, 5.74) is 0.749. The van der Waals surface area contributed by atoms with Gasteiger partial charge in [-0.15, -0.1) is 0 Å². The Hall–Kier alpha value is -0.790. The van der Waals surface area contributed by atoms with Crippen molar-refractivity contribution in [2.24, 2.45) is 0 Å². The normalized spacial score (nSPS) is 37.9. The Morgan fingerprint density at radius 3 is 3.00 bits per heavy atom. The molecule has 2 aliphatic rings. The number of likely N-dealkylation sites (tertiary alicyclic amines) is 1. The first-order chi connectivity index (χ1) is 4.81. The molecule has 0 radical (unpaired) electrons. The lowest BCUT2D eigenvalue weighted by molar-refractivity contribution is 0.310. The molecule has 0 aromatic heterocycles. The highest BCUT2D eigenvalue weighted by atomic mass is 16.1. The highest BCUT2D eigenvalue weighted by Crippen LogP contribution is 2.26. The van der Waals surface area contributed by atoms with Crippen LogP contribution in [0.2, 0.25) is 0 Å². The average molecular weight is 138 g/mol. The number of likely N-dealkylation sites (N-methyl/N-ethyl adjacent to an activating group) is 1. The van der Waals surface area contributed by atoms with Crippen molar-refractivity contribution in [3.05, 3.63) is 5.70 Å². The SMILES string of the molecule is CN1C[C@H]2C[C@@H]1C(=C=O)N2. The number of nitrogens with one attached hydrogen (secondary N) is 1. The molecule has 2 rings (SSSR count). The van der Waals surface area contributed by atoms with Gasteiger partial charge in [-0.25, -0.2) is 4.79 Å².